The molecule has 100 valence electrons. The normalized spacial score (nSPS) is 11.4. The SMILES string of the molecule is Fc1ccc(C(F)(F)F)cc1Oc1ccnc(Cl)n1. The lowest BCUT2D eigenvalue weighted by Gasteiger charge is -2.10. The first-order chi connectivity index (χ1) is 8.86. The largest absolute Gasteiger partial charge is 0.436 e. The van der Waals surface area contributed by atoms with Crippen LogP contribution < -0.4 is 4.74 Å². The highest BCUT2D eigenvalue weighted by atomic mass is 35.5. The summed E-state index contributed by atoms with van der Waals surface area (Å²) < 4.78 is 55.7. The molecule has 0 aliphatic rings. The van der Waals surface area contributed by atoms with Crippen LogP contribution in [-0.4, -0.2) is 9.97 Å². The van der Waals surface area contributed by atoms with Crippen LogP contribution in [0.3, 0.4) is 0 Å². The average molecular weight is 293 g/mol. The summed E-state index contributed by atoms with van der Waals surface area (Å²) in [4.78, 5) is 7.15. The highest BCUT2D eigenvalue weighted by Crippen LogP contribution is 2.33. The fraction of sp³-hybridized carbons (Fsp3) is 0.0909. The number of nitrogens with zero attached hydrogens (tertiary/aromatic N) is 2. The van der Waals surface area contributed by atoms with Gasteiger partial charge in [-0.3, -0.25) is 0 Å². The lowest BCUT2D eigenvalue weighted by molar-refractivity contribution is -0.137. The number of alkyl halides is 3. The Kier molecular flexibility index (Phi) is 3.57. The number of ether oxygens (including phenoxy) is 1. The summed E-state index contributed by atoms with van der Waals surface area (Å²) in [6.07, 6.45) is -3.36. The minimum absolute atomic E-state index is 0.154. The summed E-state index contributed by atoms with van der Waals surface area (Å²) in [6.45, 7) is 0. The number of halogens is 5. The van der Waals surface area contributed by atoms with Gasteiger partial charge in [0.2, 0.25) is 11.2 Å². The molecule has 0 radical (unpaired) electrons. The van der Waals surface area contributed by atoms with Crippen LogP contribution in [-0.2, 0) is 6.18 Å². The van der Waals surface area contributed by atoms with Gasteiger partial charge >= 0.3 is 6.18 Å². The van der Waals surface area contributed by atoms with Gasteiger partial charge in [0, 0.05) is 12.3 Å². The van der Waals surface area contributed by atoms with Crippen molar-refractivity contribution in [1.29, 1.82) is 0 Å². The van der Waals surface area contributed by atoms with E-state index in [4.69, 9.17) is 16.3 Å². The second-order valence-corrected chi connectivity index (χ2v) is 3.75. The van der Waals surface area contributed by atoms with E-state index >= 15 is 0 Å². The molecule has 2 aromatic rings. The molecule has 0 saturated heterocycles. The van der Waals surface area contributed by atoms with E-state index in [2.05, 4.69) is 9.97 Å². The molecule has 0 aliphatic carbocycles. The second-order valence-electron chi connectivity index (χ2n) is 3.41. The van der Waals surface area contributed by atoms with E-state index in [0.29, 0.717) is 18.2 Å². The lowest BCUT2D eigenvalue weighted by Crippen LogP contribution is -2.05. The van der Waals surface area contributed by atoms with Gasteiger partial charge in [-0.2, -0.15) is 18.2 Å². The molecule has 1 heterocycles. The van der Waals surface area contributed by atoms with Crippen LogP contribution in [0.2, 0.25) is 5.28 Å². The Bertz CT molecular complexity index is 603. The van der Waals surface area contributed by atoms with E-state index in [-0.39, 0.29) is 11.2 Å². The summed E-state index contributed by atoms with van der Waals surface area (Å²) in [5.41, 5.74) is -1.02. The summed E-state index contributed by atoms with van der Waals surface area (Å²) in [7, 11) is 0. The van der Waals surface area contributed by atoms with Crippen LogP contribution in [0.4, 0.5) is 17.6 Å². The summed E-state index contributed by atoms with van der Waals surface area (Å²) in [6, 6.07) is 3.08. The molecule has 0 spiro atoms. The zero-order valence-corrected chi connectivity index (χ0v) is 9.84. The summed E-state index contributed by atoms with van der Waals surface area (Å²) in [5, 5.41) is -0.162. The number of hydrogen-bond acceptors (Lipinski definition) is 3. The maximum atomic E-state index is 13.4. The summed E-state index contributed by atoms with van der Waals surface area (Å²) >= 11 is 5.48. The first-order valence-electron chi connectivity index (χ1n) is 4.89. The number of rotatable bonds is 2. The third-order valence-electron chi connectivity index (χ3n) is 2.07. The van der Waals surface area contributed by atoms with Gasteiger partial charge in [-0.1, -0.05) is 0 Å². The Hall–Kier alpha value is -1.89. The van der Waals surface area contributed by atoms with Gasteiger partial charge < -0.3 is 4.74 Å². The van der Waals surface area contributed by atoms with Gasteiger partial charge in [0.15, 0.2) is 11.6 Å². The highest BCUT2D eigenvalue weighted by Gasteiger charge is 2.31. The van der Waals surface area contributed by atoms with Crippen molar-refractivity contribution in [3.05, 3.63) is 47.1 Å². The Morgan fingerprint density at radius 1 is 1.16 bits per heavy atom. The van der Waals surface area contributed by atoms with Crippen LogP contribution in [0.1, 0.15) is 5.56 Å². The third kappa shape index (κ3) is 3.31. The number of benzene rings is 1. The van der Waals surface area contributed by atoms with Crippen LogP contribution in [0, 0.1) is 5.82 Å². The second kappa shape index (κ2) is 5.00. The van der Waals surface area contributed by atoms with Gasteiger partial charge in [-0.15, -0.1) is 0 Å². The molecule has 0 fully saturated rings. The highest BCUT2D eigenvalue weighted by molar-refractivity contribution is 6.28. The molecule has 1 aromatic carbocycles. The molecule has 8 heteroatoms. The maximum Gasteiger partial charge on any atom is 0.416 e. The zero-order chi connectivity index (χ0) is 14.0. The third-order valence-corrected chi connectivity index (χ3v) is 2.26. The van der Waals surface area contributed by atoms with Gasteiger partial charge in [0.25, 0.3) is 0 Å². The van der Waals surface area contributed by atoms with Gasteiger partial charge in [-0.05, 0) is 29.8 Å². The Labute approximate surface area is 109 Å². The van der Waals surface area contributed by atoms with Crippen molar-refractivity contribution in [2.75, 3.05) is 0 Å². The molecule has 0 unspecified atom stereocenters. The van der Waals surface area contributed by atoms with Gasteiger partial charge in [0.1, 0.15) is 0 Å². The minimum Gasteiger partial charge on any atom is -0.436 e. The Morgan fingerprint density at radius 2 is 1.89 bits per heavy atom. The van der Waals surface area contributed by atoms with Crippen LogP contribution >= 0.6 is 11.6 Å². The molecule has 0 N–H and O–H groups in total. The quantitative estimate of drug-likeness (QED) is 0.618. The van der Waals surface area contributed by atoms with Crippen LogP contribution in [0.5, 0.6) is 11.6 Å². The van der Waals surface area contributed by atoms with E-state index in [9.17, 15) is 17.6 Å². The molecule has 0 amide bonds. The Morgan fingerprint density at radius 3 is 2.53 bits per heavy atom. The topological polar surface area (TPSA) is 35.0 Å². The molecule has 19 heavy (non-hydrogen) atoms. The number of aromatic nitrogens is 2. The number of hydrogen-bond donors (Lipinski definition) is 0. The molecule has 3 nitrogen and oxygen atoms in total. The van der Waals surface area contributed by atoms with E-state index in [1.165, 1.54) is 12.3 Å². The smallest absolute Gasteiger partial charge is 0.416 e. The lowest BCUT2D eigenvalue weighted by atomic mass is 10.2. The zero-order valence-electron chi connectivity index (χ0n) is 9.08. The van der Waals surface area contributed by atoms with Crippen molar-refractivity contribution in [1.82, 2.24) is 9.97 Å². The fourth-order valence-corrected chi connectivity index (χ4v) is 1.39. The summed E-state index contributed by atoms with van der Waals surface area (Å²) in [5.74, 6) is -1.69. The van der Waals surface area contributed by atoms with Gasteiger partial charge in [-0.25, -0.2) is 9.37 Å². The van der Waals surface area contributed by atoms with Crippen molar-refractivity contribution >= 4 is 11.6 Å². The van der Waals surface area contributed by atoms with Crippen molar-refractivity contribution in [3.63, 3.8) is 0 Å². The van der Waals surface area contributed by atoms with Crippen molar-refractivity contribution in [3.8, 4) is 11.6 Å². The van der Waals surface area contributed by atoms with E-state index in [0.717, 1.165) is 0 Å². The predicted octanol–water partition coefficient (Wildman–Crippen LogP) is 4.08. The molecule has 0 bridgehead atoms. The van der Waals surface area contributed by atoms with Crippen molar-refractivity contribution < 1.29 is 22.3 Å². The van der Waals surface area contributed by atoms with Crippen molar-refractivity contribution in [2.24, 2.45) is 0 Å². The molecule has 0 atom stereocenters. The molecule has 0 aliphatic heterocycles. The molecule has 1 aromatic heterocycles. The predicted molar refractivity (Wildman–Crippen MR) is 58.5 cm³/mol. The van der Waals surface area contributed by atoms with Gasteiger partial charge in [0.05, 0.1) is 5.56 Å². The molecular formula is C11H5ClF4N2O. The van der Waals surface area contributed by atoms with E-state index in [1.807, 2.05) is 0 Å². The van der Waals surface area contributed by atoms with Crippen LogP contribution in [0.15, 0.2) is 30.5 Å². The Balaban J connectivity index is 2.34. The molecule has 2 rings (SSSR count). The molecule has 0 saturated carbocycles. The first kappa shape index (κ1) is 13.5. The van der Waals surface area contributed by atoms with E-state index in [1.54, 1.807) is 0 Å². The first-order valence-corrected chi connectivity index (χ1v) is 5.27. The molecular weight excluding hydrogens is 288 g/mol. The minimum atomic E-state index is -4.59. The fourth-order valence-electron chi connectivity index (χ4n) is 1.25. The van der Waals surface area contributed by atoms with Crippen LogP contribution in [0.25, 0.3) is 0 Å². The van der Waals surface area contributed by atoms with Crippen molar-refractivity contribution in [2.45, 2.75) is 6.18 Å². The average Bonchev–Trinajstić information content (AvgIpc) is 2.30. The standard InChI is InChI=1S/C11H5ClF4N2O/c12-10-17-4-3-9(18-10)19-8-5-6(11(14,15)16)1-2-7(8)13/h1-5H. The van der Waals surface area contributed by atoms with E-state index < -0.39 is 23.3 Å². The monoisotopic (exact) mass is 292 g/mol. The maximum absolute atomic E-state index is 13.4.